The molecule has 0 spiro atoms. The third-order valence-electron chi connectivity index (χ3n) is 6.88. The number of nitrogens with one attached hydrogen (secondary N) is 1. The van der Waals surface area contributed by atoms with E-state index in [4.69, 9.17) is 4.74 Å². The van der Waals surface area contributed by atoms with Crippen LogP contribution in [0.15, 0.2) is 78.9 Å². The van der Waals surface area contributed by atoms with Crippen LogP contribution in [0.2, 0.25) is 0 Å². The second-order valence-electron chi connectivity index (χ2n) is 9.12. The maximum atomic E-state index is 13.3. The number of rotatable bonds is 5. The molecule has 2 aliphatic heterocycles. The summed E-state index contributed by atoms with van der Waals surface area (Å²) < 4.78 is 5.93. The van der Waals surface area contributed by atoms with Crippen molar-refractivity contribution in [1.29, 1.82) is 0 Å². The van der Waals surface area contributed by atoms with Gasteiger partial charge < -0.3 is 15.0 Å². The molecule has 34 heavy (non-hydrogen) atoms. The summed E-state index contributed by atoms with van der Waals surface area (Å²) in [4.78, 5) is 28.5. The number of amides is 2. The molecular weight excluding hydrogens is 424 g/mol. The number of nitrogens with zero attached hydrogens (tertiary/aromatic N) is 1. The third-order valence-corrected chi connectivity index (χ3v) is 6.88. The summed E-state index contributed by atoms with van der Waals surface area (Å²) in [6, 6.07) is 25.8. The maximum absolute atomic E-state index is 13.3. The summed E-state index contributed by atoms with van der Waals surface area (Å²) in [6.07, 6.45) is 4.39. The van der Waals surface area contributed by atoms with Crippen LogP contribution in [0, 0.1) is 0 Å². The Morgan fingerprint density at radius 1 is 0.941 bits per heavy atom. The third kappa shape index (κ3) is 4.84. The summed E-state index contributed by atoms with van der Waals surface area (Å²) in [5.74, 6) is 0.457. The van der Waals surface area contributed by atoms with Gasteiger partial charge in [0.25, 0.3) is 5.91 Å². The summed E-state index contributed by atoms with van der Waals surface area (Å²) in [5.41, 5.74) is 3.35. The van der Waals surface area contributed by atoms with E-state index in [1.54, 1.807) is 12.1 Å². The molecule has 1 saturated heterocycles. The molecule has 5 nitrogen and oxygen atoms in total. The van der Waals surface area contributed by atoms with Crippen molar-refractivity contribution in [2.24, 2.45) is 0 Å². The highest BCUT2D eigenvalue weighted by Crippen LogP contribution is 2.32. The zero-order chi connectivity index (χ0) is 23.3. The standard InChI is InChI=1S/C29H30N2O3/c32-28(20-25(21-9-3-1-4-10-21)22-11-5-2-6-12-22)30-23-14-15-27-26(19-23)29(33)31-17-8-7-13-24(31)16-18-34-27/h1-6,9-12,14-15,19,24-25H,7-8,13,16-18,20H2,(H,30,32). The van der Waals surface area contributed by atoms with Gasteiger partial charge in [-0.3, -0.25) is 9.59 Å². The SMILES string of the molecule is O=C(CC(c1ccccc1)c1ccccc1)Nc1ccc2c(c1)C(=O)N1CCCCC1CCO2. The number of piperidine rings is 1. The average molecular weight is 455 g/mol. The Kier molecular flexibility index (Phi) is 6.61. The number of carbonyl (C=O) groups excluding carboxylic acids is 2. The molecule has 5 rings (SSSR count). The van der Waals surface area contributed by atoms with Gasteiger partial charge in [0.1, 0.15) is 5.75 Å². The van der Waals surface area contributed by atoms with E-state index in [1.807, 2.05) is 47.4 Å². The lowest BCUT2D eigenvalue weighted by Crippen LogP contribution is -2.45. The Hall–Kier alpha value is -3.60. The summed E-state index contributed by atoms with van der Waals surface area (Å²) in [5, 5.41) is 3.03. The molecule has 5 heteroatoms. The molecule has 3 aromatic rings. The molecule has 0 saturated carbocycles. The zero-order valence-corrected chi connectivity index (χ0v) is 19.3. The van der Waals surface area contributed by atoms with E-state index in [9.17, 15) is 9.59 Å². The molecule has 1 fully saturated rings. The molecule has 0 aliphatic carbocycles. The quantitative estimate of drug-likeness (QED) is 0.544. The Morgan fingerprint density at radius 2 is 1.65 bits per heavy atom. The maximum Gasteiger partial charge on any atom is 0.257 e. The van der Waals surface area contributed by atoms with Gasteiger partial charge in [0.15, 0.2) is 0 Å². The Balaban J connectivity index is 1.36. The fourth-order valence-electron chi connectivity index (χ4n) is 5.12. The number of carbonyl (C=O) groups is 2. The Morgan fingerprint density at radius 3 is 2.35 bits per heavy atom. The molecule has 1 atom stereocenters. The van der Waals surface area contributed by atoms with Gasteiger partial charge >= 0.3 is 0 Å². The number of hydrogen-bond acceptors (Lipinski definition) is 3. The van der Waals surface area contributed by atoms with Crippen LogP contribution >= 0.6 is 0 Å². The smallest absolute Gasteiger partial charge is 0.257 e. The van der Waals surface area contributed by atoms with Crippen LogP contribution in [0.25, 0.3) is 0 Å². The first-order valence-electron chi connectivity index (χ1n) is 12.2. The van der Waals surface area contributed by atoms with Crippen LogP contribution < -0.4 is 10.1 Å². The van der Waals surface area contributed by atoms with Crippen molar-refractivity contribution in [3.63, 3.8) is 0 Å². The lowest BCUT2D eigenvalue weighted by Gasteiger charge is -2.37. The average Bonchev–Trinajstić information content (AvgIpc) is 2.88. The van der Waals surface area contributed by atoms with Gasteiger partial charge in [-0.15, -0.1) is 0 Å². The number of anilines is 1. The predicted molar refractivity (Wildman–Crippen MR) is 133 cm³/mol. The van der Waals surface area contributed by atoms with Crippen molar-refractivity contribution in [3.05, 3.63) is 95.6 Å². The van der Waals surface area contributed by atoms with E-state index in [0.717, 1.165) is 43.4 Å². The number of fused-ring (bicyclic) bond motifs is 2. The van der Waals surface area contributed by atoms with Crippen LogP contribution in [-0.4, -0.2) is 35.9 Å². The van der Waals surface area contributed by atoms with E-state index in [-0.39, 0.29) is 23.8 Å². The summed E-state index contributed by atoms with van der Waals surface area (Å²) in [7, 11) is 0. The Bertz CT molecular complexity index is 1110. The molecule has 0 aromatic heterocycles. The monoisotopic (exact) mass is 454 g/mol. The highest BCUT2D eigenvalue weighted by atomic mass is 16.5. The van der Waals surface area contributed by atoms with E-state index in [0.29, 0.717) is 30.0 Å². The fourth-order valence-corrected chi connectivity index (χ4v) is 5.12. The van der Waals surface area contributed by atoms with Gasteiger partial charge in [-0.05, 0) is 48.6 Å². The van der Waals surface area contributed by atoms with Crippen molar-refractivity contribution < 1.29 is 14.3 Å². The first-order chi connectivity index (χ1) is 16.7. The topological polar surface area (TPSA) is 58.6 Å². The molecule has 0 radical (unpaired) electrons. The van der Waals surface area contributed by atoms with Crippen LogP contribution in [0.3, 0.4) is 0 Å². The highest BCUT2D eigenvalue weighted by molar-refractivity contribution is 6.00. The van der Waals surface area contributed by atoms with Gasteiger partial charge in [0.2, 0.25) is 5.91 Å². The van der Waals surface area contributed by atoms with Crippen LogP contribution in [0.5, 0.6) is 5.75 Å². The van der Waals surface area contributed by atoms with E-state index < -0.39 is 0 Å². The van der Waals surface area contributed by atoms with Crippen molar-refractivity contribution in [2.45, 2.75) is 44.1 Å². The minimum absolute atomic E-state index is 0.00180. The molecule has 2 heterocycles. The summed E-state index contributed by atoms with van der Waals surface area (Å²) in [6.45, 7) is 1.39. The molecule has 0 bridgehead atoms. The molecule has 1 unspecified atom stereocenters. The van der Waals surface area contributed by atoms with E-state index >= 15 is 0 Å². The zero-order valence-electron chi connectivity index (χ0n) is 19.3. The van der Waals surface area contributed by atoms with Crippen molar-refractivity contribution >= 4 is 17.5 Å². The molecule has 2 aliphatic rings. The second-order valence-corrected chi connectivity index (χ2v) is 9.12. The van der Waals surface area contributed by atoms with Crippen molar-refractivity contribution in [1.82, 2.24) is 4.90 Å². The molecule has 1 N–H and O–H groups in total. The van der Waals surface area contributed by atoms with Crippen LogP contribution in [0.1, 0.15) is 59.5 Å². The Labute approximate surface area is 200 Å². The van der Waals surface area contributed by atoms with Crippen LogP contribution in [0.4, 0.5) is 5.69 Å². The predicted octanol–water partition coefficient (Wildman–Crippen LogP) is 5.62. The van der Waals surface area contributed by atoms with Crippen LogP contribution in [-0.2, 0) is 4.79 Å². The summed E-state index contributed by atoms with van der Waals surface area (Å²) >= 11 is 0. The number of ether oxygens (including phenoxy) is 1. The van der Waals surface area contributed by atoms with Crippen molar-refractivity contribution in [3.8, 4) is 5.75 Å². The van der Waals surface area contributed by atoms with E-state index in [1.165, 1.54) is 0 Å². The number of benzene rings is 3. The largest absolute Gasteiger partial charge is 0.493 e. The van der Waals surface area contributed by atoms with Gasteiger partial charge in [-0.25, -0.2) is 0 Å². The molecule has 2 amide bonds. The lowest BCUT2D eigenvalue weighted by atomic mass is 9.88. The van der Waals surface area contributed by atoms with Gasteiger partial charge in [-0.2, -0.15) is 0 Å². The fraction of sp³-hybridized carbons (Fsp3) is 0.310. The minimum Gasteiger partial charge on any atom is -0.493 e. The lowest BCUT2D eigenvalue weighted by molar-refractivity contribution is -0.116. The molecule has 174 valence electrons. The molecular formula is C29H30N2O3. The van der Waals surface area contributed by atoms with E-state index in [2.05, 4.69) is 29.6 Å². The van der Waals surface area contributed by atoms with Gasteiger partial charge in [0.05, 0.1) is 12.2 Å². The number of hydrogen-bond donors (Lipinski definition) is 1. The highest BCUT2D eigenvalue weighted by Gasteiger charge is 2.31. The normalized spacial score (nSPS) is 17.7. The first kappa shape index (κ1) is 22.2. The van der Waals surface area contributed by atoms with Gasteiger partial charge in [0, 0.05) is 37.0 Å². The first-order valence-corrected chi connectivity index (χ1v) is 12.2. The van der Waals surface area contributed by atoms with Crippen molar-refractivity contribution in [2.75, 3.05) is 18.5 Å². The van der Waals surface area contributed by atoms with Gasteiger partial charge in [-0.1, -0.05) is 60.7 Å². The minimum atomic E-state index is -0.0901. The molecule has 3 aromatic carbocycles. The second kappa shape index (κ2) is 10.1.